The maximum Gasteiger partial charge on any atom is 0.335 e. The van der Waals surface area contributed by atoms with E-state index in [9.17, 15) is 9.59 Å². The van der Waals surface area contributed by atoms with E-state index in [0.717, 1.165) is 0 Å². The summed E-state index contributed by atoms with van der Waals surface area (Å²) in [6, 6.07) is 16.6. The average molecular weight is 302 g/mol. The summed E-state index contributed by atoms with van der Waals surface area (Å²) in [6.07, 6.45) is 2.64. The fourth-order valence-corrected chi connectivity index (χ4v) is 1.16. The van der Waals surface area contributed by atoms with Crippen molar-refractivity contribution in [2.45, 2.75) is 26.7 Å². The molecule has 0 radical (unpaired) electrons. The van der Waals surface area contributed by atoms with E-state index in [0.29, 0.717) is 11.1 Å². The van der Waals surface area contributed by atoms with Crippen molar-refractivity contribution in [1.29, 1.82) is 0 Å². The molecule has 0 aromatic heterocycles. The number of carboxylic acid groups (broad SMARTS) is 2. The SMILES string of the molecule is CCCC.O=C(O)c1ccccc1.O=C(O)c1ccccc1. The van der Waals surface area contributed by atoms with Gasteiger partial charge in [-0.15, -0.1) is 0 Å². The Morgan fingerprint density at radius 2 is 0.955 bits per heavy atom. The number of hydrogen-bond donors (Lipinski definition) is 2. The number of carboxylic acids is 2. The second-order valence-electron chi connectivity index (χ2n) is 4.34. The van der Waals surface area contributed by atoms with Gasteiger partial charge in [0.25, 0.3) is 0 Å². The normalized spacial score (nSPS) is 8.64. The maximum absolute atomic E-state index is 10.2. The molecule has 22 heavy (non-hydrogen) atoms. The summed E-state index contributed by atoms with van der Waals surface area (Å²) in [5, 5.41) is 16.8. The van der Waals surface area contributed by atoms with Gasteiger partial charge in [-0.1, -0.05) is 63.1 Å². The molecule has 0 aliphatic rings. The predicted octanol–water partition coefficient (Wildman–Crippen LogP) is 4.58. The molecule has 0 amide bonds. The summed E-state index contributed by atoms with van der Waals surface area (Å²) in [5.41, 5.74) is 0.662. The fourth-order valence-electron chi connectivity index (χ4n) is 1.16. The molecule has 0 aliphatic heterocycles. The first-order chi connectivity index (χ1) is 10.5. The molecule has 0 unspecified atom stereocenters. The molecule has 118 valence electrons. The number of unbranched alkanes of at least 4 members (excludes halogenated alkanes) is 1. The highest BCUT2D eigenvalue weighted by Gasteiger charge is 1.97. The highest BCUT2D eigenvalue weighted by atomic mass is 16.4. The molecule has 4 nitrogen and oxygen atoms in total. The Bertz CT molecular complexity index is 484. The number of aromatic carboxylic acids is 2. The number of carbonyl (C=O) groups is 2. The minimum absolute atomic E-state index is 0.331. The second kappa shape index (κ2) is 12.1. The van der Waals surface area contributed by atoms with E-state index in [-0.39, 0.29) is 0 Å². The number of hydrogen-bond acceptors (Lipinski definition) is 2. The van der Waals surface area contributed by atoms with Gasteiger partial charge in [-0.2, -0.15) is 0 Å². The molecule has 0 spiro atoms. The lowest BCUT2D eigenvalue weighted by Crippen LogP contribution is -1.93. The standard InChI is InChI=1S/2C7H6O2.C4H10/c2*8-7(9)6-4-2-1-3-5-6;1-3-4-2/h2*1-5H,(H,8,9);3-4H2,1-2H3. The van der Waals surface area contributed by atoms with Gasteiger partial charge in [-0.25, -0.2) is 9.59 Å². The van der Waals surface area contributed by atoms with E-state index < -0.39 is 11.9 Å². The third-order valence-electron chi connectivity index (χ3n) is 2.54. The van der Waals surface area contributed by atoms with Crippen LogP contribution in [0.4, 0.5) is 0 Å². The van der Waals surface area contributed by atoms with Crippen LogP contribution in [-0.2, 0) is 0 Å². The topological polar surface area (TPSA) is 74.6 Å². The first-order valence-corrected chi connectivity index (χ1v) is 7.09. The summed E-state index contributed by atoms with van der Waals surface area (Å²) in [4.78, 5) is 20.4. The van der Waals surface area contributed by atoms with Crippen molar-refractivity contribution >= 4 is 11.9 Å². The van der Waals surface area contributed by atoms with Crippen LogP contribution < -0.4 is 0 Å². The Balaban J connectivity index is 0.000000326. The first kappa shape index (κ1) is 19.4. The largest absolute Gasteiger partial charge is 0.478 e. The zero-order chi connectivity index (χ0) is 16.8. The zero-order valence-electron chi connectivity index (χ0n) is 12.9. The monoisotopic (exact) mass is 302 g/mol. The molecule has 2 aromatic carbocycles. The van der Waals surface area contributed by atoms with Crippen LogP contribution >= 0.6 is 0 Å². The van der Waals surface area contributed by atoms with E-state index in [1.165, 1.54) is 12.8 Å². The Morgan fingerprint density at radius 3 is 1.09 bits per heavy atom. The van der Waals surface area contributed by atoms with Gasteiger partial charge in [0.15, 0.2) is 0 Å². The van der Waals surface area contributed by atoms with Gasteiger partial charge in [0.2, 0.25) is 0 Å². The van der Waals surface area contributed by atoms with Crippen LogP contribution in [0.3, 0.4) is 0 Å². The van der Waals surface area contributed by atoms with Gasteiger partial charge >= 0.3 is 11.9 Å². The molecule has 0 atom stereocenters. The summed E-state index contributed by atoms with van der Waals surface area (Å²) in [6.45, 7) is 4.36. The van der Waals surface area contributed by atoms with E-state index in [1.54, 1.807) is 60.7 Å². The molecular weight excluding hydrogens is 280 g/mol. The average Bonchev–Trinajstić information content (AvgIpc) is 2.57. The summed E-state index contributed by atoms with van der Waals surface area (Å²) in [5.74, 6) is -1.76. The van der Waals surface area contributed by atoms with Crippen molar-refractivity contribution in [3.63, 3.8) is 0 Å². The molecule has 2 rings (SSSR count). The molecule has 0 fully saturated rings. The third-order valence-corrected chi connectivity index (χ3v) is 2.54. The molecule has 2 aromatic rings. The van der Waals surface area contributed by atoms with E-state index in [1.807, 2.05) is 0 Å². The van der Waals surface area contributed by atoms with Gasteiger partial charge in [0.05, 0.1) is 11.1 Å². The van der Waals surface area contributed by atoms with Crippen LogP contribution in [-0.4, -0.2) is 22.2 Å². The Hall–Kier alpha value is -2.62. The molecule has 0 saturated heterocycles. The third kappa shape index (κ3) is 9.31. The first-order valence-electron chi connectivity index (χ1n) is 7.09. The second-order valence-corrected chi connectivity index (χ2v) is 4.34. The van der Waals surface area contributed by atoms with Crippen LogP contribution in [0.1, 0.15) is 47.4 Å². The van der Waals surface area contributed by atoms with Crippen molar-refractivity contribution in [2.24, 2.45) is 0 Å². The van der Waals surface area contributed by atoms with Gasteiger partial charge in [0.1, 0.15) is 0 Å². The minimum atomic E-state index is -0.879. The Kier molecular flexibility index (Phi) is 10.7. The summed E-state index contributed by atoms with van der Waals surface area (Å²) >= 11 is 0. The lowest BCUT2D eigenvalue weighted by Gasteiger charge is -1.88. The Labute approximate surface area is 131 Å². The lowest BCUT2D eigenvalue weighted by molar-refractivity contribution is 0.0686. The van der Waals surface area contributed by atoms with Crippen molar-refractivity contribution in [3.8, 4) is 0 Å². The number of rotatable bonds is 3. The van der Waals surface area contributed by atoms with Gasteiger partial charge in [-0.05, 0) is 24.3 Å². The highest BCUT2D eigenvalue weighted by molar-refractivity contribution is 5.87. The van der Waals surface area contributed by atoms with Crippen molar-refractivity contribution < 1.29 is 19.8 Å². The molecule has 0 bridgehead atoms. The highest BCUT2D eigenvalue weighted by Crippen LogP contribution is 1.96. The zero-order valence-corrected chi connectivity index (χ0v) is 12.9. The molecular formula is C18H22O4. The molecule has 0 heterocycles. The van der Waals surface area contributed by atoms with E-state index in [4.69, 9.17) is 10.2 Å². The van der Waals surface area contributed by atoms with Crippen LogP contribution in [0.15, 0.2) is 60.7 Å². The van der Waals surface area contributed by atoms with E-state index >= 15 is 0 Å². The van der Waals surface area contributed by atoms with Crippen molar-refractivity contribution in [2.75, 3.05) is 0 Å². The summed E-state index contributed by atoms with van der Waals surface area (Å²) < 4.78 is 0. The van der Waals surface area contributed by atoms with Crippen LogP contribution in [0.25, 0.3) is 0 Å². The van der Waals surface area contributed by atoms with Crippen LogP contribution in [0.2, 0.25) is 0 Å². The molecule has 2 N–H and O–H groups in total. The van der Waals surface area contributed by atoms with Crippen LogP contribution in [0.5, 0.6) is 0 Å². The summed E-state index contributed by atoms with van der Waals surface area (Å²) in [7, 11) is 0. The van der Waals surface area contributed by atoms with Gasteiger partial charge in [0, 0.05) is 0 Å². The van der Waals surface area contributed by atoms with Gasteiger partial charge < -0.3 is 10.2 Å². The number of benzene rings is 2. The molecule has 0 saturated carbocycles. The lowest BCUT2D eigenvalue weighted by atomic mass is 10.2. The predicted molar refractivity (Wildman–Crippen MR) is 87.4 cm³/mol. The fraction of sp³-hybridized carbons (Fsp3) is 0.222. The Morgan fingerprint density at radius 1 is 0.682 bits per heavy atom. The van der Waals surface area contributed by atoms with Crippen molar-refractivity contribution in [3.05, 3.63) is 71.8 Å². The molecule has 0 aliphatic carbocycles. The smallest absolute Gasteiger partial charge is 0.335 e. The van der Waals surface area contributed by atoms with Crippen LogP contribution in [0, 0.1) is 0 Å². The quantitative estimate of drug-likeness (QED) is 0.870. The molecule has 4 heteroatoms. The maximum atomic E-state index is 10.2. The van der Waals surface area contributed by atoms with Crippen molar-refractivity contribution in [1.82, 2.24) is 0 Å². The van der Waals surface area contributed by atoms with Gasteiger partial charge in [-0.3, -0.25) is 0 Å². The van der Waals surface area contributed by atoms with E-state index in [2.05, 4.69) is 13.8 Å². The minimum Gasteiger partial charge on any atom is -0.478 e.